The Morgan fingerprint density at radius 1 is 1.21 bits per heavy atom. The van der Waals surface area contributed by atoms with Crippen LogP contribution < -0.4 is 5.43 Å². The van der Waals surface area contributed by atoms with E-state index in [0.717, 1.165) is 25.3 Å². The largest absolute Gasteiger partial charge is 0.310 e. The van der Waals surface area contributed by atoms with Crippen LogP contribution in [0.5, 0.6) is 0 Å². The highest BCUT2D eigenvalue weighted by Crippen LogP contribution is 2.25. The Labute approximate surface area is 88.2 Å². The molecule has 0 aromatic rings. The van der Waals surface area contributed by atoms with Gasteiger partial charge in [0.15, 0.2) is 0 Å². The van der Waals surface area contributed by atoms with Crippen molar-refractivity contribution in [1.29, 1.82) is 0 Å². The molecular formula is C12H24N2. The molecule has 1 aliphatic rings. The van der Waals surface area contributed by atoms with Gasteiger partial charge in [0.05, 0.1) is 0 Å². The monoisotopic (exact) mass is 196 g/mol. The molecule has 0 unspecified atom stereocenters. The zero-order chi connectivity index (χ0) is 10.2. The number of hydrogen-bond acceptors (Lipinski definition) is 2. The molecule has 0 aromatic heterocycles. The van der Waals surface area contributed by atoms with Gasteiger partial charge in [-0.3, -0.25) is 0 Å². The summed E-state index contributed by atoms with van der Waals surface area (Å²) in [5.41, 5.74) is 4.57. The van der Waals surface area contributed by atoms with Crippen LogP contribution in [0, 0.1) is 5.92 Å². The van der Waals surface area contributed by atoms with E-state index >= 15 is 0 Å². The van der Waals surface area contributed by atoms with Gasteiger partial charge in [-0.25, -0.2) is 0 Å². The van der Waals surface area contributed by atoms with Crippen molar-refractivity contribution in [3.63, 3.8) is 0 Å². The van der Waals surface area contributed by atoms with E-state index in [-0.39, 0.29) is 0 Å². The second-order valence-electron chi connectivity index (χ2n) is 4.20. The first-order valence-corrected chi connectivity index (χ1v) is 6.17. The topological polar surface area (TPSA) is 24.4 Å². The van der Waals surface area contributed by atoms with E-state index in [0.29, 0.717) is 0 Å². The van der Waals surface area contributed by atoms with Crippen LogP contribution in [0.1, 0.15) is 58.8 Å². The summed E-state index contributed by atoms with van der Waals surface area (Å²) < 4.78 is 0. The zero-order valence-electron chi connectivity index (χ0n) is 9.68. The molecule has 82 valence electrons. The first-order valence-electron chi connectivity index (χ1n) is 6.17. The standard InChI is InChI=1S/C12H24N2/c1-3-10-13-14-12(4-2)11-8-6-5-7-9-11/h11,13H,3-10H2,1-2H3/b14-12+. The Hall–Kier alpha value is -0.530. The smallest absolute Gasteiger partial charge is 0.0406 e. The summed E-state index contributed by atoms with van der Waals surface area (Å²) in [6, 6.07) is 0. The molecule has 1 rings (SSSR count). The van der Waals surface area contributed by atoms with Gasteiger partial charge in [-0.15, -0.1) is 0 Å². The van der Waals surface area contributed by atoms with E-state index in [1.54, 1.807) is 0 Å². The molecule has 1 N–H and O–H groups in total. The highest BCUT2D eigenvalue weighted by atomic mass is 15.3. The third kappa shape index (κ3) is 3.69. The Bertz CT molecular complexity index is 169. The molecule has 0 aromatic carbocycles. The van der Waals surface area contributed by atoms with Crippen LogP contribution in [0.2, 0.25) is 0 Å². The molecule has 1 saturated carbocycles. The molecule has 0 bridgehead atoms. The minimum absolute atomic E-state index is 0.776. The second kappa shape index (κ2) is 6.86. The Morgan fingerprint density at radius 2 is 1.93 bits per heavy atom. The molecule has 0 aliphatic heterocycles. The molecule has 0 saturated heterocycles. The molecule has 1 aliphatic carbocycles. The van der Waals surface area contributed by atoms with Crippen molar-refractivity contribution < 1.29 is 0 Å². The van der Waals surface area contributed by atoms with Crippen molar-refractivity contribution in [3.8, 4) is 0 Å². The van der Waals surface area contributed by atoms with Gasteiger partial charge in [-0.1, -0.05) is 33.1 Å². The fourth-order valence-electron chi connectivity index (χ4n) is 2.16. The lowest BCUT2D eigenvalue weighted by Gasteiger charge is -2.22. The van der Waals surface area contributed by atoms with E-state index in [1.165, 1.54) is 37.8 Å². The summed E-state index contributed by atoms with van der Waals surface area (Å²) in [6.07, 6.45) is 9.22. The highest BCUT2D eigenvalue weighted by molar-refractivity contribution is 5.86. The van der Waals surface area contributed by atoms with Crippen molar-refractivity contribution >= 4 is 5.71 Å². The summed E-state index contributed by atoms with van der Waals surface area (Å²) >= 11 is 0. The lowest BCUT2D eigenvalue weighted by Crippen LogP contribution is -2.20. The van der Waals surface area contributed by atoms with Gasteiger partial charge in [0.25, 0.3) is 0 Å². The predicted molar refractivity (Wildman–Crippen MR) is 62.6 cm³/mol. The van der Waals surface area contributed by atoms with Crippen LogP contribution >= 0.6 is 0 Å². The second-order valence-corrected chi connectivity index (χ2v) is 4.20. The van der Waals surface area contributed by atoms with Crippen LogP contribution in [-0.4, -0.2) is 12.3 Å². The van der Waals surface area contributed by atoms with Crippen molar-refractivity contribution in [3.05, 3.63) is 0 Å². The molecule has 0 heterocycles. The highest BCUT2D eigenvalue weighted by Gasteiger charge is 2.17. The van der Waals surface area contributed by atoms with E-state index in [1.807, 2.05) is 0 Å². The maximum Gasteiger partial charge on any atom is 0.0406 e. The lowest BCUT2D eigenvalue weighted by molar-refractivity contribution is 0.433. The van der Waals surface area contributed by atoms with E-state index in [4.69, 9.17) is 0 Å². The van der Waals surface area contributed by atoms with Crippen LogP contribution in [-0.2, 0) is 0 Å². The zero-order valence-corrected chi connectivity index (χ0v) is 9.68. The normalized spacial score (nSPS) is 19.7. The summed E-state index contributed by atoms with van der Waals surface area (Å²) in [6.45, 7) is 5.41. The van der Waals surface area contributed by atoms with Gasteiger partial charge in [0.2, 0.25) is 0 Å². The van der Waals surface area contributed by atoms with E-state index in [2.05, 4.69) is 24.4 Å². The molecule has 0 atom stereocenters. The Balaban J connectivity index is 2.38. The van der Waals surface area contributed by atoms with Gasteiger partial charge in [0, 0.05) is 12.3 Å². The van der Waals surface area contributed by atoms with Crippen molar-refractivity contribution in [2.75, 3.05) is 6.54 Å². The Kier molecular flexibility index (Phi) is 5.65. The molecule has 2 heteroatoms. The van der Waals surface area contributed by atoms with Crippen LogP contribution in [0.4, 0.5) is 0 Å². The Morgan fingerprint density at radius 3 is 2.50 bits per heavy atom. The quantitative estimate of drug-likeness (QED) is 0.407. The molecule has 0 radical (unpaired) electrons. The number of nitrogens with one attached hydrogen (secondary N) is 1. The third-order valence-electron chi connectivity index (χ3n) is 3.02. The van der Waals surface area contributed by atoms with Gasteiger partial charge in [-0.05, 0) is 31.6 Å². The summed E-state index contributed by atoms with van der Waals surface area (Å²) in [4.78, 5) is 0. The van der Waals surface area contributed by atoms with Crippen molar-refractivity contribution in [2.24, 2.45) is 11.0 Å². The SMILES string of the molecule is CCCN/N=C(\CC)C1CCCCC1. The van der Waals surface area contributed by atoms with Crippen LogP contribution in [0.3, 0.4) is 0 Å². The minimum atomic E-state index is 0.776. The summed E-state index contributed by atoms with van der Waals surface area (Å²) in [5, 5.41) is 4.52. The van der Waals surface area contributed by atoms with Gasteiger partial charge in [0.1, 0.15) is 0 Å². The number of nitrogens with zero attached hydrogens (tertiary/aromatic N) is 1. The summed E-state index contributed by atoms with van der Waals surface area (Å²) in [5.74, 6) is 0.776. The minimum Gasteiger partial charge on any atom is -0.310 e. The van der Waals surface area contributed by atoms with Crippen LogP contribution in [0.15, 0.2) is 5.10 Å². The molecule has 14 heavy (non-hydrogen) atoms. The maximum absolute atomic E-state index is 4.52. The number of hydrogen-bond donors (Lipinski definition) is 1. The third-order valence-corrected chi connectivity index (χ3v) is 3.02. The van der Waals surface area contributed by atoms with E-state index < -0.39 is 0 Å². The molecule has 2 nitrogen and oxygen atoms in total. The molecular weight excluding hydrogens is 172 g/mol. The lowest BCUT2D eigenvalue weighted by atomic mass is 9.85. The molecule has 0 amide bonds. The maximum atomic E-state index is 4.52. The number of rotatable bonds is 5. The van der Waals surface area contributed by atoms with Crippen molar-refractivity contribution in [2.45, 2.75) is 58.8 Å². The fraction of sp³-hybridized carbons (Fsp3) is 0.917. The molecule has 0 spiro atoms. The van der Waals surface area contributed by atoms with E-state index in [9.17, 15) is 0 Å². The van der Waals surface area contributed by atoms with Crippen LogP contribution in [0.25, 0.3) is 0 Å². The van der Waals surface area contributed by atoms with Gasteiger partial charge < -0.3 is 5.43 Å². The average molecular weight is 196 g/mol. The molecule has 1 fully saturated rings. The first-order chi connectivity index (χ1) is 6.88. The predicted octanol–water partition coefficient (Wildman–Crippen LogP) is 3.33. The fourth-order valence-corrected chi connectivity index (χ4v) is 2.16. The first kappa shape index (κ1) is 11.5. The average Bonchev–Trinajstić information content (AvgIpc) is 2.26. The number of hydrazone groups is 1. The summed E-state index contributed by atoms with van der Waals surface area (Å²) in [7, 11) is 0. The van der Waals surface area contributed by atoms with Gasteiger partial charge in [-0.2, -0.15) is 5.10 Å². The van der Waals surface area contributed by atoms with Gasteiger partial charge >= 0.3 is 0 Å². The van der Waals surface area contributed by atoms with Crippen molar-refractivity contribution in [1.82, 2.24) is 5.43 Å².